The standard InChI is InChI=1S/C15H23F2N3O3S/c1-4-8-20(10-14(16)17)11-15(21)18-12-6-5-7-13(9-12)24(22,23)19(2)3/h5-7,9,14H,4,8,10-11H2,1-3H3,(H,18,21). The Morgan fingerprint density at radius 2 is 1.96 bits per heavy atom. The van der Waals surface area contributed by atoms with Gasteiger partial charge in [0.05, 0.1) is 18.0 Å². The second-order valence-electron chi connectivity index (χ2n) is 5.49. The lowest BCUT2D eigenvalue weighted by molar-refractivity contribution is -0.117. The van der Waals surface area contributed by atoms with E-state index in [2.05, 4.69) is 5.32 Å². The molecule has 0 saturated carbocycles. The van der Waals surface area contributed by atoms with Crippen molar-refractivity contribution >= 4 is 21.6 Å². The fourth-order valence-electron chi connectivity index (χ4n) is 2.10. The van der Waals surface area contributed by atoms with E-state index in [4.69, 9.17) is 0 Å². The van der Waals surface area contributed by atoms with E-state index in [1.807, 2.05) is 6.92 Å². The Hall–Kier alpha value is -1.58. The molecule has 24 heavy (non-hydrogen) atoms. The number of hydrogen-bond donors (Lipinski definition) is 1. The minimum Gasteiger partial charge on any atom is -0.325 e. The van der Waals surface area contributed by atoms with Crippen LogP contribution in [0.4, 0.5) is 14.5 Å². The van der Waals surface area contributed by atoms with Crippen LogP contribution in [0, 0.1) is 0 Å². The van der Waals surface area contributed by atoms with Crippen LogP contribution in [-0.2, 0) is 14.8 Å². The smallest absolute Gasteiger partial charge is 0.251 e. The number of carbonyl (C=O) groups excluding carboxylic acids is 1. The molecule has 0 unspecified atom stereocenters. The minimum atomic E-state index is -3.61. The summed E-state index contributed by atoms with van der Waals surface area (Å²) >= 11 is 0. The number of halogens is 2. The normalized spacial score (nSPS) is 12.2. The highest BCUT2D eigenvalue weighted by atomic mass is 32.2. The Morgan fingerprint density at radius 1 is 1.29 bits per heavy atom. The zero-order chi connectivity index (χ0) is 18.3. The Kier molecular flexibility index (Phi) is 7.71. The molecule has 1 N–H and O–H groups in total. The van der Waals surface area contributed by atoms with Crippen LogP contribution in [0.15, 0.2) is 29.2 Å². The summed E-state index contributed by atoms with van der Waals surface area (Å²) in [5.41, 5.74) is 0.302. The second kappa shape index (κ2) is 9.05. The Balaban J connectivity index is 2.80. The number of anilines is 1. The van der Waals surface area contributed by atoms with E-state index in [1.165, 1.54) is 37.2 Å². The molecule has 0 heterocycles. The van der Waals surface area contributed by atoms with Crippen LogP contribution >= 0.6 is 0 Å². The van der Waals surface area contributed by atoms with Gasteiger partial charge in [-0.3, -0.25) is 9.69 Å². The summed E-state index contributed by atoms with van der Waals surface area (Å²) in [5, 5.41) is 2.55. The average molecular weight is 363 g/mol. The van der Waals surface area contributed by atoms with Crippen molar-refractivity contribution in [1.29, 1.82) is 0 Å². The van der Waals surface area contributed by atoms with Gasteiger partial charge in [-0.15, -0.1) is 0 Å². The first kappa shape index (κ1) is 20.5. The van der Waals surface area contributed by atoms with Crippen LogP contribution in [0.25, 0.3) is 0 Å². The van der Waals surface area contributed by atoms with Crippen LogP contribution in [0.5, 0.6) is 0 Å². The molecule has 0 aromatic heterocycles. The van der Waals surface area contributed by atoms with E-state index >= 15 is 0 Å². The molecule has 6 nitrogen and oxygen atoms in total. The fourth-order valence-corrected chi connectivity index (χ4v) is 3.04. The van der Waals surface area contributed by atoms with Crippen molar-refractivity contribution in [2.75, 3.05) is 39.0 Å². The molecule has 1 aromatic carbocycles. The molecule has 1 rings (SSSR count). The number of benzene rings is 1. The summed E-state index contributed by atoms with van der Waals surface area (Å²) in [5.74, 6) is -0.469. The first-order valence-electron chi connectivity index (χ1n) is 7.49. The molecule has 0 bridgehead atoms. The van der Waals surface area contributed by atoms with Gasteiger partial charge in [0, 0.05) is 19.8 Å². The maximum atomic E-state index is 12.5. The van der Waals surface area contributed by atoms with Crippen molar-refractivity contribution in [3.05, 3.63) is 24.3 Å². The van der Waals surface area contributed by atoms with E-state index in [1.54, 1.807) is 6.07 Å². The quantitative estimate of drug-likeness (QED) is 0.727. The van der Waals surface area contributed by atoms with Gasteiger partial charge < -0.3 is 5.32 Å². The van der Waals surface area contributed by atoms with Crippen molar-refractivity contribution in [2.45, 2.75) is 24.7 Å². The van der Waals surface area contributed by atoms with Gasteiger partial charge in [-0.2, -0.15) is 0 Å². The first-order valence-corrected chi connectivity index (χ1v) is 8.93. The van der Waals surface area contributed by atoms with Gasteiger partial charge in [0.2, 0.25) is 15.9 Å². The number of nitrogens with zero attached hydrogens (tertiary/aromatic N) is 2. The monoisotopic (exact) mass is 363 g/mol. The third kappa shape index (κ3) is 6.14. The molecule has 0 atom stereocenters. The van der Waals surface area contributed by atoms with Crippen LogP contribution in [0.2, 0.25) is 0 Å². The van der Waals surface area contributed by atoms with Gasteiger partial charge in [-0.1, -0.05) is 13.0 Å². The first-order chi connectivity index (χ1) is 11.2. The van der Waals surface area contributed by atoms with Crippen LogP contribution < -0.4 is 5.32 Å². The third-order valence-electron chi connectivity index (χ3n) is 3.20. The maximum Gasteiger partial charge on any atom is 0.251 e. The molecule has 0 saturated heterocycles. The summed E-state index contributed by atoms with van der Waals surface area (Å²) in [6.07, 6.45) is -1.87. The maximum absolute atomic E-state index is 12.5. The summed E-state index contributed by atoms with van der Waals surface area (Å²) in [7, 11) is -0.790. The van der Waals surface area contributed by atoms with Gasteiger partial charge in [0.1, 0.15) is 0 Å². The summed E-state index contributed by atoms with van der Waals surface area (Å²) in [6, 6.07) is 5.81. The third-order valence-corrected chi connectivity index (χ3v) is 5.01. The summed E-state index contributed by atoms with van der Waals surface area (Å²) < 4.78 is 50.2. The molecular weight excluding hydrogens is 340 g/mol. The van der Waals surface area contributed by atoms with Crippen molar-refractivity contribution in [2.24, 2.45) is 0 Å². The van der Waals surface area contributed by atoms with Gasteiger partial charge in [0.25, 0.3) is 6.43 Å². The SMILES string of the molecule is CCCN(CC(=O)Nc1cccc(S(=O)(=O)N(C)C)c1)CC(F)F. The lowest BCUT2D eigenvalue weighted by Gasteiger charge is -2.20. The van der Waals surface area contributed by atoms with Crippen molar-refractivity contribution in [1.82, 2.24) is 9.21 Å². The predicted molar refractivity (Wildman–Crippen MR) is 88.7 cm³/mol. The molecule has 9 heteroatoms. The number of nitrogens with one attached hydrogen (secondary N) is 1. The highest BCUT2D eigenvalue weighted by molar-refractivity contribution is 7.89. The van der Waals surface area contributed by atoms with Crippen LogP contribution in [-0.4, -0.2) is 63.7 Å². The van der Waals surface area contributed by atoms with Crippen LogP contribution in [0.3, 0.4) is 0 Å². The Bertz CT molecular complexity index is 651. The molecular formula is C15H23F2N3O3S. The van der Waals surface area contributed by atoms with E-state index in [-0.39, 0.29) is 11.4 Å². The molecule has 0 aliphatic heterocycles. The molecule has 0 fully saturated rings. The summed E-state index contributed by atoms with van der Waals surface area (Å²) in [6.45, 7) is 1.57. The highest BCUT2D eigenvalue weighted by Gasteiger charge is 2.18. The van der Waals surface area contributed by atoms with Gasteiger partial charge in [-0.05, 0) is 31.2 Å². The lowest BCUT2D eigenvalue weighted by Crippen LogP contribution is -2.37. The topological polar surface area (TPSA) is 69.7 Å². The van der Waals surface area contributed by atoms with E-state index in [9.17, 15) is 22.0 Å². The number of amides is 1. The summed E-state index contributed by atoms with van der Waals surface area (Å²) in [4.78, 5) is 13.4. The van der Waals surface area contributed by atoms with Crippen molar-refractivity contribution in [3.63, 3.8) is 0 Å². The molecule has 1 amide bonds. The molecule has 0 aliphatic rings. The highest BCUT2D eigenvalue weighted by Crippen LogP contribution is 2.18. The number of rotatable bonds is 9. The Morgan fingerprint density at radius 3 is 2.50 bits per heavy atom. The van der Waals surface area contributed by atoms with Crippen molar-refractivity contribution < 1.29 is 22.0 Å². The second-order valence-corrected chi connectivity index (χ2v) is 7.64. The largest absolute Gasteiger partial charge is 0.325 e. The Labute approximate surface area is 141 Å². The lowest BCUT2D eigenvalue weighted by atomic mass is 10.3. The number of hydrogen-bond acceptors (Lipinski definition) is 4. The van der Waals surface area contributed by atoms with E-state index in [0.29, 0.717) is 18.7 Å². The van der Waals surface area contributed by atoms with E-state index < -0.39 is 28.9 Å². The average Bonchev–Trinajstić information content (AvgIpc) is 2.46. The number of alkyl halides is 2. The number of sulfonamides is 1. The molecule has 1 aromatic rings. The minimum absolute atomic E-state index is 0.0447. The molecule has 136 valence electrons. The van der Waals surface area contributed by atoms with Gasteiger partial charge in [0.15, 0.2) is 0 Å². The van der Waals surface area contributed by atoms with Crippen LogP contribution in [0.1, 0.15) is 13.3 Å². The molecule has 0 radical (unpaired) electrons. The van der Waals surface area contributed by atoms with E-state index in [0.717, 1.165) is 4.31 Å². The predicted octanol–water partition coefficient (Wildman–Crippen LogP) is 1.85. The zero-order valence-electron chi connectivity index (χ0n) is 14.0. The molecule has 0 aliphatic carbocycles. The van der Waals surface area contributed by atoms with Gasteiger partial charge >= 0.3 is 0 Å². The fraction of sp³-hybridized carbons (Fsp3) is 0.533. The number of carbonyl (C=O) groups is 1. The molecule has 0 spiro atoms. The van der Waals surface area contributed by atoms with Gasteiger partial charge in [-0.25, -0.2) is 21.5 Å². The van der Waals surface area contributed by atoms with Crippen molar-refractivity contribution in [3.8, 4) is 0 Å². The zero-order valence-corrected chi connectivity index (χ0v) is 14.8.